The van der Waals surface area contributed by atoms with Gasteiger partial charge in [0.1, 0.15) is 18.3 Å². The van der Waals surface area contributed by atoms with E-state index in [9.17, 15) is 18.0 Å². The first-order chi connectivity index (χ1) is 19.0. The third kappa shape index (κ3) is 7.63. The van der Waals surface area contributed by atoms with Crippen molar-refractivity contribution in [2.45, 2.75) is 64.6 Å². The molecule has 2 amide bonds. The van der Waals surface area contributed by atoms with E-state index in [1.807, 2.05) is 33.8 Å². The standard InChI is InChI=1S/C31H39N3O5S/c1-7-24(4)32-31(36)25(5)33(20-26-9-8-10-28(19-26)39-6)30(35)21-34(27-15-11-22(2)12-16-27)40(37,38)29-17-13-23(3)14-18-29/h8-19,24-25H,7,20-21H2,1-6H3,(H,32,36)/t24-,25-/m0/s1. The summed E-state index contributed by atoms with van der Waals surface area (Å²) in [6, 6.07) is 19.8. The van der Waals surface area contributed by atoms with Gasteiger partial charge in [-0.15, -0.1) is 0 Å². The second kappa shape index (κ2) is 13.5. The average molecular weight is 566 g/mol. The van der Waals surface area contributed by atoms with E-state index in [1.54, 1.807) is 68.6 Å². The first-order valence-electron chi connectivity index (χ1n) is 13.3. The second-order valence-electron chi connectivity index (χ2n) is 10.0. The molecule has 0 aliphatic heterocycles. The van der Waals surface area contributed by atoms with Gasteiger partial charge < -0.3 is 15.0 Å². The highest BCUT2D eigenvalue weighted by Crippen LogP contribution is 2.25. The van der Waals surface area contributed by atoms with Crippen LogP contribution in [0.1, 0.15) is 43.9 Å². The molecular formula is C31H39N3O5S. The quantitative estimate of drug-likeness (QED) is 0.339. The summed E-state index contributed by atoms with van der Waals surface area (Å²) < 4.78 is 34.2. The normalized spacial score (nSPS) is 12.8. The molecule has 9 heteroatoms. The van der Waals surface area contributed by atoms with Crippen LogP contribution < -0.4 is 14.4 Å². The molecule has 1 N–H and O–H groups in total. The Morgan fingerprint density at radius 3 is 2.10 bits per heavy atom. The molecule has 8 nitrogen and oxygen atoms in total. The smallest absolute Gasteiger partial charge is 0.264 e. The molecular weight excluding hydrogens is 526 g/mol. The highest BCUT2D eigenvalue weighted by Gasteiger charge is 2.32. The van der Waals surface area contributed by atoms with Crippen LogP contribution in [0.5, 0.6) is 5.75 Å². The van der Waals surface area contributed by atoms with Crippen molar-refractivity contribution in [1.29, 1.82) is 0 Å². The number of nitrogens with one attached hydrogen (secondary N) is 1. The number of methoxy groups -OCH3 is 1. The lowest BCUT2D eigenvalue weighted by Crippen LogP contribution is -2.52. The van der Waals surface area contributed by atoms with Crippen molar-refractivity contribution >= 4 is 27.5 Å². The number of anilines is 1. The summed E-state index contributed by atoms with van der Waals surface area (Å²) in [5, 5.41) is 2.94. The minimum Gasteiger partial charge on any atom is -0.497 e. The zero-order valence-corrected chi connectivity index (χ0v) is 24.9. The summed E-state index contributed by atoms with van der Waals surface area (Å²) in [5.74, 6) is -0.204. The van der Waals surface area contributed by atoms with Gasteiger partial charge in [-0.1, -0.05) is 54.4 Å². The molecule has 40 heavy (non-hydrogen) atoms. The van der Waals surface area contributed by atoms with Crippen molar-refractivity contribution in [3.63, 3.8) is 0 Å². The van der Waals surface area contributed by atoms with Gasteiger partial charge in [-0.3, -0.25) is 13.9 Å². The number of aryl methyl sites for hydroxylation is 2. The number of nitrogens with zero attached hydrogens (tertiary/aromatic N) is 2. The van der Waals surface area contributed by atoms with E-state index in [1.165, 1.54) is 17.0 Å². The summed E-state index contributed by atoms with van der Waals surface area (Å²) >= 11 is 0. The van der Waals surface area contributed by atoms with Crippen LogP contribution in [-0.2, 0) is 26.2 Å². The Kier molecular flexibility index (Phi) is 10.3. The maximum Gasteiger partial charge on any atom is 0.264 e. The Morgan fingerprint density at radius 1 is 0.925 bits per heavy atom. The van der Waals surface area contributed by atoms with Crippen LogP contribution in [-0.4, -0.2) is 50.9 Å². The minimum atomic E-state index is -4.10. The molecule has 3 rings (SSSR count). The Balaban J connectivity index is 2.03. The summed E-state index contributed by atoms with van der Waals surface area (Å²) in [7, 11) is -2.54. The van der Waals surface area contributed by atoms with Crippen LogP contribution >= 0.6 is 0 Å². The molecule has 2 atom stereocenters. The van der Waals surface area contributed by atoms with Gasteiger partial charge in [0.05, 0.1) is 17.7 Å². The monoisotopic (exact) mass is 565 g/mol. The van der Waals surface area contributed by atoms with Gasteiger partial charge in [0.15, 0.2) is 0 Å². The third-order valence-corrected chi connectivity index (χ3v) is 8.65. The van der Waals surface area contributed by atoms with Gasteiger partial charge in [-0.25, -0.2) is 8.42 Å². The molecule has 0 fully saturated rings. The number of benzene rings is 3. The molecule has 3 aromatic carbocycles. The largest absolute Gasteiger partial charge is 0.497 e. The highest BCUT2D eigenvalue weighted by atomic mass is 32.2. The van der Waals surface area contributed by atoms with Crippen LogP contribution in [0.2, 0.25) is 0 Å². The highest BCUT2D eigenvalue weighted by molar-refractivity contribution is 7.92. The third-order valence-electron chi connectivity index (χ3n) is 6.87. The lowest BCUT2D eigenvalue weighted by atomic mass is 10.1. The number of carbonyl (C=O) groups excluding carboxylic acids is 2. The van der Waals surface area contributed by atoms with E-state index in [0.29, 0.717) is 11.4 Å². The number of carbonyl (C=O) groups is 2. The molecule has 3 aromatic rings. The fourth-order valence-corrected chi connectivity index (χ4v) is 5.51. The predicted octanol–water partition coefficient (Wildman–Crippen LogP) is 4.84. The van der Waals surface area contributed by atoms with Crippen LogP contribution in [0.4, 0.5) is 5.69 Å². The zero-order valence-electron chi connectivity index (χ0n) is 24.0. The molecule has 0 aliphatic carbocycles. The molecule has 214 valence electrons. The Hall–Kier alpha value is -3.85. The maximum absolute atomic E-state index is 14.0. The number of amides is 2. The van der Waals surface area contributed by atoms with Gasteiger partial charge in [0.25, 0.3) is 10.0 Å². The van der Waals surface area contributed by atoms with Crippen molar-refractivity contribution in [2.24, 2.45) is 0 Å². The van der Waals surface area contributed by atoms with Crippen LogP contribution in [0.25, 0.3) is 0 Å². The summed E-state index contributed by atoms with van der Waals surface area (Å²) in [4.78, 5) is 28.6. The van der Waals surface area contributed by atoms with Crippen molar-refractivity contribution in [3.05, 3.63) is 89.5 Å². The molecule has 0 saturated carbocycles. The fraction of sp³-hybridized carbons (Fsp3) is 0.355. The predicted molar refractivity (Wildman–Crippen MR) is 158 cm³/mol. The van der Waals surface area contributed by atoms with E-state index in [4.69, 9.17) is 4.74 Å². The SMILES string of the molecule is CC[C@H](C)NC(=O)[C@H](C)N(Cc1cccc(OC)c1)C(=O)CN(c1ccc(C)cc1)S(=O)(=O)c1ccc(C)cc1. The van der Waals surface area contributed by atoms with E-state index in [2.05, 4.69) is 5.32 Å². The van der Waals surface area contributed by atoms with Crippen molar-refractivity contribution in [1.82, 2.24) is 10.2 Å². The molecule has 0 spiro atoms. The average Bonchev–Trinajstić information content (AvgIpc) is 2.94. The van der Waals surface area contributed by atoms with E-state index < -0.39 is 28.5 Å². The van der Waals surface area contributed by atoms with Crippen LogP contribution in [0.3, 0.4) is 0 Å². The zero-order chi connectivity index (χ0) is 29.4. The van der Waals surface area contributed by atoms with Crippen molar-refractivity contribution in [2.75, 3.05) is 18.0 Å². The van der Waals surface area contributed by atoms with Crippen molar-refractivity contribution in [3.8, 4) is 5.75 Å². The van der Waals surface area contributed by atoms with Crippen LogP contribution in [0, 0.1) is 13.8 Å². The summed E-state index contributed by atoms with van der Waals surface area (Å²) in [6.45, 7) is 8.90. The van der Waals surface area contributed by atoms with Gasteiger partial charge in [0.2, 0.25) is 11.8 Å². The summed E-state index contributed by atoms with van der Waals surface area (Å²) in [5.41, 5.74) is 2.98. The van der Waals surface area contributed by atoms with E-state index in [0.717, 1.165) is 27.4 Å². The van der Waals surface area contributed by atoms with E-state index >= 15 is 0 Å². The van der Waals surface area contributed by atoms with Gasteiger partial charge >= 0.3 is 0 Å². The van der Waals surface area contributed by atoms with Gasteiger partial charge in [-0.2, -0.15) is 0 Å². The number of sulfonamides is 1. The number of rotatable bonds is 12. The van der Waals surface area contributed by atoms with Crippen molar-refractivity contribution < 1.29 is 22.7 Å². The second-order valence-corrected chi connectivity index (χ2v) is 11.9. The van der Waals surface area contributed by atoms with E-state index in [-0.39, 0.29) is 23.4 Å². The molecule has 0 aliphatic rings. The Morgan fingerprint density at radius 2 is 1.52 bits per heavy atom. The Bertz CT molecular complexity index is 1410. The maximum atomic E-state index is 14.0. The summed E-state index contributed by atoms with van der Waals surface area (Å²) in [6.07, 6.45) is 0.734. The first-order valence-corrected chi connectivity index (χ1v) is 14.8. The minimum absolute atomic E-state index is 0.0744. The molecule has 0 bridgehead atoms. The van der Waals surface area contributed by atoms with Gasteiger partial charge in [0, 0.05) is 12.6 Å². The number of ether oxygens (including phenoxy) is 1. The molecule has 0 aromatic heterocycles. The molecule has 0 radical (unpaired) electrons. The Labute approximate surface area is 238 Å². The van der Waals surface area contributed by atoms with Gasteiger partial charge in [-0.05, 0) is 76.1 Å². The topological polar surface area (TPSA) is 96.0 Å². The number of hydrogen-bond acceptors (Lipinski definition) is 5. The molecule has 0 unspecified atom stereocenters. The lowest BCUT2D eigenvalue weighted by molar-refractivity contribution is -0.139. The first kappa shape index (κ1) is 30.7. The molecule has 0 heterocycles. The number of hydrogen-bond donors (Lipinski definition) is 1. The van der Waals surface area contributed by atoms with Crippen LogP contribution in [0.15, 0.2) is 77.7 Å². The fourth-order valence-electron chi connectivity index (χ4n) is 4.09. The molecule has 0 saturated heterocycles. The lowest BCUT2D eigenvalue weighted by Gasteiger charge is -2.32.